The molecule has 0 unspecified atom stereocenters. The van der Waals surface area contributed by atoms with E-state index >= 15 is 0 Å². The Morgan fingerprint density at radius 3 is 2.69 bits per heavy atom. The number of nitrogens with one attached hydrogen (secondary N) is 1. The fourth-order valence-electron chi connectivity index (χ4n) is 2.64. The van der Waals surface area contributed by atoms with Crippen molar-refractivity contribution < 1.29 is 8.42 Å². The van der Waals surface area contributed by atoms with E-state index in [4.69, 9.17) is 0 Å². The van der Waals surface area contributed by atoms with Crippen molar-refractivity contribution in [1.29, 1.82) is 0 Å². The standard InChI is InChI=1S/C18H15N5O2S/c1-13-5-6-14-3-2-4-16(18(14)21-13)26(24,25)22-15-7-8-17(20-11-15)23-10-9-19-12-23/h2-12,22H,1H3. The van der Waals surface area contributed by atoms with Gasteiger partial charge in [-0.2, -0.15) is 0 Å². The Kier molecular flexibility index (Phi) is 3.89. The van der Waals surface area contributed by atoms with Crippen molar-refractivity contribution >= 4 is 26.6 Å². The van der Waals surface area contributed by atoms with Gasteiger partial charge in [-0.15, -0.1) is 0 Å². The van der Waals surface area contributed by atoms with Gasteiger partial charge in [0.25, 0.3) is 10.0 Å². The fourth-order valence-corrected chi connectivity index (χ4v) is 3.85. The van der Waals surface area contributed by atoms with E-state index < -0.39 is 10.0 Å². The summed E-state index contributed by atoms with van der Waals surface area (Å²) in [4.78, 5) is 12.7. The van der Waals surface area contributed by atoms with E-state index in [1.807, 2.05) is 25.1 Å². The first-order valence-corrected chi connectivity index (χ1v) is 9.35. The molecular weight excluding hydrogens is 350 g/mol. The number of para-hydroxylation sites is 1. The number of hydrogen-bond acceptors (Lipinski definition) is 5. The van der Waals surface area contributed by atoms with Crippen molar-refractivity contribution in [2.75, 3.05) is 4.72 Å². The van der Waals surface area contributed by atoms with Gasteiger partial charge in [0.05, 0.1) is 17.4 Å². The summed E-state index contributed by atoms with van der Waals surface area (Å²) in [6.07, 6.45) is 6.50. The smallest absolute Gasteiger partial charge is 0.264 e. The number of aromatic nitrogens is 4. The lowest BCUT2D eigenvalue weighted by molar-refractivity contribution is 0.602. The number of sulfonamides is 1. The average Bonchev–Trinajstić information content (AvgIpc) is 3.16. The highest BCUT2D eigenvalue weighted by Gasteiger charge is 2.18. The first kappa shape index (κ1) is 16.2. The maximum atomic E-state index is 12.8. The number of imidazole rings is 1. The van der Waals surface area contributed by atoms with Crippen molar-refractivity contribution in [1.82, 2.24) is 19.5 Å². The first-order valence-electron chi connectivity index (χ1n) is 7.86. The van der Waals surface area contributed by atoms with E-state index in [0.717, 1.165) is 11.1 Å². The van der Waals surface area contributed by atoms with Gasteiger partial charge in [-0.1, -0.05) is 18.2 Å². The Bertz CT molecular complexity index is 1170. The highest BCUT2D eigenvalue weighted by molar-refractivity contribution is 7.93. The molecule has 3 aromatic heterocycles. The molecule has 4 rings (SSSR count). The summed E-state index contributed by atoms with van der Waals surface area (Å²) in [6.45, 7) is 1.83. The largest absolute Gasteiger partial charge is 0.291 e. The highest BCUT2D eigenvalue weighted by Crippen LogP contribution is 2.24. The van der Waals surface area contributed by atoms with Gasteiger partial charge in [-0.3, -0.25) is 14.3 Å². The van der Waals surface area contributed by atoms with Crippen LogP contribution in [0.4, 0.5) is 5.69 Å². The van der Waals surface area contributed by atoms with Gasteiger partial charge in [0.2, 0.25) is 0 Å². The van der Waals surface area contributed by atoms with Crippen molar-refractivity contribution in [3.63, 3.8) is 0 Å². The van der Waals surface area contributed by atoms with E-state index in [2.05, 4.69) is 19.7 Å². The molecule has 0 spiro atoms. The molecule has 0 aliphatic rings. The average molecular weight is 365 g/mol. The summed E-state index contributed by atoms with van der Waals surface area (Å²) in [5.41, 5.74) is 1.58. The molecule has 0 aliphatic heterocycles. The lowest BCUT2D eigenvalue weighted by Crippen LogP contribution is -2.14. The number of fused-ring (bicyclic) bond motifs is 1. The molecule has 0 saturated carbocycles. The zero-order valence-corrected chi connectivity index (χ0v) is 14.7. The van der Waals surface area contributed by atoms with Gasteiger partial charge in [-0.25, -0.2) is 18.4 Å². The molecule has 0 fully saturated rings. The number of hydrogen-bond donors (Lipinski definition) is 1. The van der Waals surface area contributed by atoms with Gasteiger partial charge in [0.1, 0.15) is 17.0 Å². The van der Waals surface area contributed by atoms with Crippen LogP contribution in [0.25, 0.3) is 16.7 Å². The summed E-state index contributed by atoms with van der Waals surface area (Å²) < 4.78 is 30.0. The minimum atomic E-state index is -3.79. The van der Waals surface area contributed by atoms with Crippen molar-refractivity contribution in [3.05, 3.63) is 73.1 Å². The number of nitrogens with zero attached hydrogens (tertiary/aromatic N) is 4. The van der Waals surface area contributed by atoms with Gasteiger partial charge < -0.3 is 0 Å². The molecule has 3 heterocycles. The molecule has 0 saturated heterocycles. The van der Waals surface area contributed by atoms with E-state index in [1.165, 1.54) is 6.20 Å². The van der Waals surface area contributed by atoms with Crippen LogP contribution in [0.1, 0.15) is 5.69 Å². The maximum Gasteiger partial charge on any atom is 0.264 e. The summed E-state index contributed by atoms with van der Waals surface area (Å²) in [7, 11) is -3.79. The zero-order valence-electron chi connectivity index (χ0n) is 13.9. The van der Waals surface area contributed by atoms with Crippen molar-refractivity contribution in [2.45, 2.75) is 11.8 Å². The predicted molar refractivity (Wildman–Crippen MR) is 98.6 cm³/mol. The molecule has 26 heavy (non-hydrogen) atoms. The van der Waals surface area contributed by atoms with E-state index in [-0.39, 0.29) is 4.90 Å². The topological polar surface area (TPSA) is 89.8 Å². The van der Waals surface area contributed by atoms with Crippen LogP contribution in [0.2, 0.25) is 0 Å². The Hall–Kier alpha value is -3.26. The minimum absolute atomic E-state index is 0.136. The molecule has 7 nitrogen and oxygen atoms in total. The van der Waals surface area contributed by atoms with Crippen LogP contribution in [-0.2, 0) is 10.0 Å². The second kappa shape index (κ2) is 6.23. The van der Waals surface area contributed by atoms with Crippen molar-refractivity contribution in [2.24, 2.45) is 0 Å². The molecule has 1 N–H and O–H groups in total. The van der Waals surface area contributed by atoms with Gasteiger partial charge in [0.15, 0.2) is 0 Å². The lowest BCUT2D eigenvalue weighted by atomic mass is 10.2. The van der Waals surface area contributed by atoms with Crippen LogP contribution < -0.4 is 4.72 Å². The molecule has 4 aromatic rings. The van der Waals surface area contributed by atoms with Crippen LogP contribution >= 0.6 is 0 Å². The number of rotatable bonds is 4. The second-order valence-corrected chi connectivity index (χ2v) is 7.41. The zero-order chi connectivity index (χ0) is 18.1. The first-order chi connectivity index (χ1) is 12.5. The normalized spacial score (nSPS) is 11.6. The van der Waals surface area contributed by atoms with Crippen LogP contribution in [-0.4, -0.2) is 27.9 Å². The Morgan fingerprint density at radius 2 is 1.96 bits per heavy atom. The molecular formula is C18H15N5O2S. The second-order valence-electron chi connectivity index (χ2n) is 5.76. The number of benzene rings is 1. The molecule has 0 atom stereocenters. The van der Waals surface area contributed by atoms with Gasteiger partial charge >= 0.3 is 0 Å². The number of anilines is 1. The minimum Gasteiger partial charge on any atom is -0.291 e. The van der Waals surface area contributed by atoms with Crippen molar-refractivity contribution in [3.8, 4) is 5.82 Å². The third kappa shape index (κ3) is 3.02. The predicted octanol–water partition coefficient (Wildman–Crippen LogP) is 2.92. The summed E-state index contributed by atoms with van der Waals surface area (Å²) >= 11 is 0. The molecule has 130 valence electrons. The van der Waals surface area contributed by atoms with Crippen LogP contribution in [0, 0.1) is 6.92 Å². The van der Waals surface area contributed by atoms with Gasteiger partial charge in [0, 0.05) is 23.5 Å². The molecule has 0 radical (unpaired) electrons. The Labute approximate surface area is 150 Å². The van der Waals surface area contributed by atoms with E-state index in [9.17, 15) is 8.42 Å². The third-order valence-electron chi connectivity index (χ3n) is 3.88. The summed E-state index contributed by atoms with van der Waals surface area (Å²) in [6, 6.07) is 12.2. The van der Waals surface area contributed by atoms with Crippen LogP contribution in [0.3, 0.4) is 0 Å². The van der Waals surface area contributed by atoms with Crippen LogP contribution in [0.5, 0.6) is 0 Å². The van der Waals surface area contributed by atoms with E-state index in [0.29, 0.717) is 17.0 Å². The quantitative estimate of drug-likeness (QED) is 0.600. The SMILES string of the molecule is Cc1ccc2cccc(S(=O)(=O)Nc3ccc(-n4ccnc4)nc3)c2n1. The molecule has 0 bridgehead atoms. The number of pyridine rings is 2. The summed E-state index contributed by atoms with van der Waals surface area (Å²) in [5.74, 6) is 0.646. The van der Waals surface area contributed by atoms with Crippen LogP contribution in [0.15, 0.2) is 72.3 Å². The lowest BCUT2D eigenvalue weighted by Gasteiger charge is -2.11. The molecule has 0 amide bonds. The number of aryl methyl sites for hydroxylation is 1. The Balaban J connectivity index is 1.69. The molecule has 1 aromatic carbocycles. The molecule has 0 aliphatic carbocycles. The van der Waals surface area contributed by atoms with E-state index in [1.54, 1.807) is 47.6 Å². The Morgan fingerprint density at radius 1 is 1.08 bits per heavy atom. The monoisotopic (exact) mass is 365 g/mol. The maximum absolute atomic E-state index is 12.8. The highest BCUT2D eigenvalue weighted by atomic mass is 32.2. The van der Waals surface area contributed by atoms with Gasteiger partial charge in [-0.05, 0) is 31.2 Å². The third-order valence-corrected chi connectivity index (χ3v) is 5.29. The summed E-state index contributed by atoms with van der Waals surface area (Å²) in [5, 5.41) is 0.770. The fraction of sp³-hybridized carbons (Fsp3) is 0.0556. The molecule has 8 heteroatoms.